The van der Waals surface area contributed by atoms with Crippen LogP contribution in [-0.4, -0.2) is 30.8 Å². The van der Waals surface area contributed by atoms with Crippen molar-refractivity contribution in [1.29, 1.82) is 0 Å². The molecule has 5 rings (SSSR count). The Morgan fingerprint density at radius 1 is 0.944 bits per heavy atom. The molecule has 0 saturated heterocycles. The number of hydrogen-bond acceptors (Lipinski definition) is 8. The molecule has 1 aliphatic heterocycles. The summed E-state index contributed by atoms with van der Waals surface area (Å²) >= 11 is 12.2. The molecule has 4 aromatic rings. The average Bonchev–Trinajstić information content (AvgIpc) is 3.38. The van der Waals surface area contributed by atoms with Gasteiger partial charge in [0.1, 0.15) is 24.5 Å². The zero-order chi connectivity index (χ0) is 25.1. The lowest BCUT2D eigenvalue weighted by atomic mass is 10.1. The number of benzene rings is 3. The Balaban J connectivity index is 1.34. The predicted octanol–water partition coefficient (Wildman–Crippen LogP) is 6.24. The van der Waals surface area contributed by atoms with Crippen molar-refractivity contribution >= 4 is 45.6 Å². The highest BCUT2D eigenvalue weighted by Gasteiger charge is 2.20. The van der Waals surface area contributed by atoms with E-state index in [1.54, 1.807) is 32.4 Å². The van der Waals surface area contributed by atoms with Crippen LogP contribution in [0.1, 0.15) is 11.6 Å². The van der Waals surface area contributed by atoms with Crippen LogP contribution in [-0.2, 0) is 4.84 Å². The number of nitrogens with zero attached hydrogens (tertiary/aromatic N) is 2. The van der Waals surface area contributed by atoms with Gasteiger partial charge in [-0.05, 0) is 48.0 Å². The third kappa shape index (κ3) is 5.11. The topological polar surface area (TPSA) is 86.8 Å². The standard InChI is InChI=1S/C26H22Cl2N4O4/c1-33-17-6-3-15(4-7-17)22-10-18(36-32-22)13-35-25-12-23-19(11-24(25)34-2)26(30-14-29-23)31-16-5-8-20(27)21(28)9-16/h3-12,14,22,32H,13H2,1-2H3,(H,29,30,31). The lowest BCUT2D eigenvalue weighted by Gasteiger charge is -2.14. The van der Waals surface area contributed by atoms with Crippen LogP contribution in [0.3, 0.4) is 0 Å². The molecule has 3 aromatic carbocycles. The van der Waals surface area contributed by atoms with E-state index in [2.05, 4.69) is 20.8 Å². The molecule has 1 aromatic heterocycles. The van der Waals surface area contributed by atoms with Gasteiger partial charge in [-0.25, -0.2) is 9.97 Å². The third-order valence-electron chi connectivity index (χ3n) is 5.62. The summed E-state index contributed by atoms with van der Waals surface area (Å²) in [5, 5.41) is 4.93. The van der Waals surface area contributed by atoms with Gasteiger partial charge in [-0.2, -0.15) is 0 Å². The van der Waals surface area contributed by atoms with E-state index in [0.29, 0.717) is 38.6 Å². The third-order valence-corrected chi connectivity index (χ3v) is 6.36. The van der Waals surface area contributed by atoms with Crippen molar-refractivity contribution in [2.75, 3.05) is 26.1 Å². The average molecular weight is 525 g/mol. The quantitative estimate of drug-likeness (QED) is 0.280. The van der Waals surface area contributed by atoms with Crippen molar-refractivity contribution in [3.05, 3.63) is 88.4 Å². The minimum absolute atomic E-state index is 0.0873. The summed E-state index contributed by atoms with van der Waals surface area (Å²) in [6, 6.07) is 16.6. The van der Waals surface area contributed by atoms with Crippen LogP contribution in [0.15, 0.2) is 72.8 Å². The molecule has 0 fully saturated rings. The monoisotopic (exact) mass is 524 g/mol. The van der Waals surface area contributed by atoms with Gasteiger partial charge in [0.25, 0.3) is 0 Å². The van der Waals surface area contributed by atoms with Crippen LogP contribution in [0.25, 0.3) is 10.9 Å². The molecule has 0 saturated carbocycles. The second-order valence-corrected chi connectivity index (χ2v) is 8.70. The van der Waals surface area contributed by atoms with Gasteiger partial charge >= 0.3 is 0 Å². The van der Waals surface area contributed by atoms with Gasteiger partial charge in [-0.15, -0.1) is 5.48 Å². The Bertz CT molecular complexity index is 1430. The number of nitrogens with one attached hydrogen (secondary N) is 2. The van der Waals surface area contributed by atoms with Crippen LogP contribution in [0.5, 0.6) is 17.2 Å². The lowest BCUT2D eigenvalue weighted by molar-refractivity contribution is 0.0944. The molecule has 1 unspecified atom stereocenters. The molecule has 0 radical (unpaired) electrons. The van der Waals surface area contributed by atoms with Crippen LogP contribution in [0.4, 0.5) is 11.5 Å². The number of rotatable bonds is 8. The van der Waals surface area contributed by atoms with E-state index in [1.165, 1.54) is 6.33 Å². The van der Waals surface area contributed by atoms with E-state index in [1.807, 2.05) is 42.5 Å². The highest BCUT2D eigenvalue weighted by molar-refractivity contribution is 6.42. The van der Waals surface area contributed by atoms with Gasteiger partial charge in [-0.1, -0.05) is 35.3 Å². The van der Waals surface area contributed by atoms with Crippen molar-refractivity contribution in [1.82, 2.24) is 15.4 Å². The van der Waals surface area contributed by atoms with Crippen molar-refractivity contribution in [3.63, 3.8) is 0 Å². The minimum Gasteiger partial charge on any atom is -0.497 e. The Labute approximate surface area is 217 Å². The summed E-state index contributed by atoms with van der Waals surface area (Å²) in [5.74, 6) is 3.11. The molecule has 36 heavy (non-hydrogen) atoms. The number of ether oxygens (including phenoxy) is 3. The first-order valence-corrected chi connectivity index (χ1v) is 11.7. The Kier molecular flexibility index (Phi) is 6.99. The summed E-state index contributed by atoms with van der Waals surface area (Å²) in [5.41, 5.74) is 5.47. The first-order chi connectivity index (χ1) is 17.5. The fourth-order valence-corrected chi connectivity index (χ4v) is 4.04. The summed E-state index contributed by atoms with van der Waals surface area (Å²) in [7, 11) is 3.22. The number of hydroxylamine groups is 1. The molecular weight excluding hydrogens is 503 g/mol. The fourth-order valence-electron chi connectivity index (χ4n) is 3.74. The van der Waals surface area contributed by atoms with Crippen molar-refractivity contribution < 1.29 is 19.0 Å². The van der Waals surface area contributed by atoms with Gasteiger partial charge in [0.05, 0.1) is 35.8 Å². The molecule has 1 aliphatic rings. The largest absolute Gasteiger partial charge is 0.497 e. The smallest absolute Gasteiger partial charge is 0.164 e. The molecule has 0 bridgehead atoms. The molecule has 2 N–H and O–H groups in total. The second kappa shape index (κ2) is 10.5. The highest BCUT2D eigenvalue weighted by atomic mass is 35.5. The van der Waals surface area contributed by atoms with Crippen LogP contribution >= 0.6 is 23.2 Å². The summed E-state index contributed by atoms with van der Waals surface area (Å²) < 4.78 is 16.8. The Morgan fingerprint density at radius 2 is 1.78 bits per heavy atom. The van der Waals surface area contributed by atoms with Crippen LogP contribution in [0.2, 0.25) is 10.0 Å². The number of halogens is 2. The number of methoxy groups -OCH3 is 2. The van der Waals surface area contributed by atoms with Crippen molar-refractivity contribution in [2.45, 2.75) is 6.04 Å². The zero-order valence-corrected chi connectivity index (χ0v) is 20.9. The molecule has 10 heteroatoms. The normalized spacial score (nSPS) is 14.8. The number of hydrogen-bond donors (Lipinski definition) is 2. The maximum absolute atomic E-state index is 6.15. The SMILES string of the molecule is COc1ccc(C2C=C(COc3cc4ncnc(Nc5ccc(Cl)c(Cl)c5)c4cc3OC)ON2)cc1. The van der Waals surface area contributed by atoms with Crippen LogP contribution in [0, 0.1) is 0 Å². The van der Waals surface area contributed by atoms with Gasteiger partial charge in [0.2, 0.25) is 0 Å². The molecule has 2 heterocycles. The van der Waals surface area contributed by atoms with Crippen molar-refractivity contribution in [2.24, 2.45) is 0 Å². The van der Waals surface area contributed by atoms with E-state index in [0.717, 1.165) is 22.4 Å². The molecule has 0 amide bonds. The first kappa shape index (κ1) is 24.0. The van der Waals surface area contributed by atoms with E-state index < -0.39 is 0 Å². The predicted molar refractivity (Wildman–Crippen MR) is 139 cm³/mol. The molecule has 8 nitrogen and oxygen atoms in total. The zero-order valence-electron chi connectivity index (χ0n) is 19.4. The molecular formula is C26H22Cl2N4O4. The lowest BCUT2D eigenvalue weighted by Crippen LogP contribution is -2.13. The van der Waals surface area contributed by atoms with E-state index in [-0.39, 0.29) is 12.6 Å². The second-order valence-electron chi connectivity index (χ2n) is 7.89. The summed E-state index contributed by atoms with van der Waals surface area (Å²) in [6.45, 7) is 0.209. The van der Waals surface area contributed by atoms with Gasteiger partial charge < -0.3 is 24.4 Å². The van der Waals surface area contributed by atoms with E-state index in [9.17, 15) is 0 Å². The Morgan fingerprint density at radius 3 is 2.53 bits per heavy atom. The number of aromatic nitrogens is 2. The van der Waals surface area contributed by atoms with Gasteiger partial charge in [-0.3, -0.25) is 0 Å². The van der Waals surface area contributed by atoms with E-state index >= 15 is 0 Å². The Hall–Kier alpha value is -3.72. The highest BCUT2D eigenvalue weighted by Crippen LogP contribution is 2.36. The van der Waals surface area contributed by atoms with Gasteiger partial charge in [0, 0.05) is 17.1 Å². The number of anilines is 2. The molecule has 0 aliphatic carbocycles. The van der Waals surface area contributed by atoms with E-state index in [4.69, 9.17) is 42.3 Å². The van der Waals surface area contributed by atoms with Gasteiger partial charge in [0.15, 0.2) is 17.3 Å². The molecule has 184 valence electrons. The van der Waals surface area contributed by atoms with Crippen molar-refractivity contribution in [3.8, 4) is 17.2 Å². The first-order valence-electron chi connectivity index (χ1n) is 11.0. The minimum atomic E-state index is -0.0873. The summed E-state index contributed by atoms with van der Waals surface area (Å²) in [6.07, 6.45) is 3.45. The summed E-state index contributed by atoms with van der Waals surface area (Å²) in [4.78, 5) is 14.4. The molecule has 1 atom stereocenters. The van der Waals surface area contributed by atoms with Crippen LogP contribution < -0.4 is 25.0 Å². The maximum Gasteiger partial charge on any atom is 0.164 e. The number of fused-ring (bicyclic) bond motifs is 1. The molecule has 0 spiro atoms. The fraction of sp³-hybridized carbons (Fsp3) is 0.154. The maximum atomic E-state index is 6.15.